The monoisotopic (exact) mass is 351 g/mol. The highest BCUT2D eigenvalue weighted by Crippen LogP contribution is 2.16. The van der Waals surface area contributed by atoms with Crippen molar-refractivity contribution in [3.63, 3.8) is 0 Å². The largest absolute Gasteiger partial charge is 0.478 e. The first kappa shape index (κ1) is 17.6. The maximum absolute atomic E-state index is 12.7. The van der Waals surface area contributed by atoms with Crippen molar-refractivity contribution in [1.29, 1.82) is 0 Å². The van der Waals surface area contributed by atoms with Crippen LogP contribution in [0.25, 0.3) is 5.82 Å². The molecular weight excluding hydrogens is 330 g/mol. The van der Waals surface area contributed by atoms with Crippen LogP contribution in [0.4, 0.5) is 0 Å². The van der Waals surface area contributed by atoms with Crippen molar-refractivity contribution in [2.45, 2.75) is 26.8 Å². The van der Waals surface area contributed by atoms with Crippen molar-refractivity contribution in [3.8, 4) is 11.7 Å². The van der Waals surface area contributed by atoms with Gasteiger partial charge in [-0.3, -0.25) is 4.79 Å². The molecule has 3 aromatic heterocycles. The summed E-state index contributed by atoms with van der Waals surface area (Å²) in [6.45, 7) is 4.74. The smallest absolute Gasteiger partial charge is 0.255 e. The second kappa shape index (κ2) is 8.24. The molecule has 0 unspecified atom stereocenters. The van der Waals surface area contributed by atoms with Gasteiger partial charge in [0.05, 0.1) is 24.1 Å². The van der Waals surface area contributed by atoms with Gasteiger partial charge in [0.1, 0.15) is 0 Å². The Bertz CT molecular complexity index is 877. The van der Waals surface area contributed by atoms with E-state index in [0.29, 0.717) is 36.8 Å². The molecule has 0 spiro atoms. The molecule has 0 fully saturated rings. The summed E-state index contributed by atoms with van der Waals surface area (Å²) in [6, 6.07) is 9.30. The summed E-state index contributed by atoms with van der Waals surface area (Å²) in [5.41, 5.74) is 2.19. The highest BCUT2D eigenvalue weighted by Gasteiger charge is 2.18. The van der Waals surface area contributed by atoms with Gasteiger partial charge in [-0.2, -0.15) is 5.10 Å². The first-order valence-corrected chi connectivity index (χ1v) is 8.57. The van der Waals surface area contributed by atoms with Crippen LogP contribution in [0.5, 0.6) is 5.88 Å². The van der Waals surface area contributed by atoms with Gasteiger partial charge in [0, 0.05) is 24.5 Å². The van der Waals surface area contributed by atoms with Crippen LogP contribution >= 0.6 is 0 Å². The Morgan fingerprint density at radius 2 is 2.00 bits per heavy atom. The normalized spacial score (nSPS) is 10.5. The Kier molecular flexibility index (Phi) is 5.58. The molecule has 0 atom stereocenters. The molecule has 7 heteroatoms. The van der Waals surface area contributed by atoms with Crippen molar-refractivity contribution in [2.24, 2.45) is 0 Å². The number of amides is 1. The van der Waals surface area contributed by atoms with Gasteiger partial charge in [-0.1, -0.05) is 19.1 Å². The molecule has 1 N–H and O–H groups in total. The summed E-state index contributed by atoms with van der Waals surface area (Å²) in [4.78, 5) is 21.2. The molecular formula is C19H21N5O2. The molecule has 26 heavy (non-hydrogen) atoms. The predicted molar refractivity (Wildman–Crippen MR) is 97.3 cm³/mol. The van der Waals surface area contributed by atoms with Crippen LogP contribution in [0.15, 0.2) is 48.9 Å². The molecule has 3 heterocycles. The van der Waals surface area contributed by atoms with E-state index in [1.807, 2.05) is 44.2 Å². The van der Waals surface area contributed by atoms with Gasteiger partial charge in [-0.15, -0.1) is 0 Å². The van der Waals surface area contributed by atoms with Crippen LogP contribution in [0.1, 0.15) is 35.5 Å². The molecule has 0 bridgehead atoms. The second-order valence-corrected chi connectivity index (χ2v) is 5.54. The summed E-state index contributed by atoms with van der Waals surface area (Å²) in [7, 11) is 0. The lowest BCUT2D eigenvalue weighted by atomic mass is 10.2. The number of nitrogens with one attached hydrogen (secondary N) is 1. The standard InChI is InChI=1S/C19H21N5O2/c1-3-16-15(13-23-24(16)17-9-5-6-10-20-17)18(25)22-12-14-8-7-11-21-19(14)26-4-2/h5-11,13H,3-4,12H2,1-2H3,(H,22,25). The lowest BCUT2D eigenvalue weighted by Gasteiger charge is -2.10. The van der Waals surface area contributed by atoms with Crippen molar-refractivity contribution in [1.82, 2.24) is 25.1 Å². The van der Waals surface area contributed by atoms with E-state index in [1.165, 1.54) is 0 Å². The number of hydrogen-bond donors (Lipinski definition) is 1. The van der Waals surface area contributed by atoms with Crippen LogP contribution in [0, 0.1) is 0 Å². The number of carbonyl (C=O) groups excluding carboxylic acids is 1. The van der Waals surface area contributed by atoms with Crippen LogP contribution < -0.4 is 10.1 Å². The maximum Gasteiger partial charge on any atom is 0.255 e. The Hall–Kier alpha value is -3.22. The second-order valence-electron chi connectivity index (χ2n) is 5.54. The van der Waals surface area contributed by atoms with Gasteiger partial charge in [-0.05, 0) is 31.5 Å². The van der Waals surface area contributed by atoms with E-state index in [2.05, 4.69) is 20.4 Å². The zero-order valence-electron chi connectivity index (χ0n) is 14.8. The molecule has 0 saturated heterocycles. The molecule has 0 aliphatic rings. The third kappa shape index (κ3) is 3.72. The van der Waals surface area contributed by atoms with Crippen molar-refractivity contribution in [2.75, 3.05) is 6.61 Å². The summed E-state index contributed by atoms with van der Waals surface area (Å²) in [6.07, 6.45) is 5.61. The highest BCUT2D eigenvalue weighted by molar-refractivity contribution is 5.95. The zero-order valence-corrected chi connectivity index (χ0v) is 14.8. The van der Waals surface area contributed by atoms with Gasteiger partial charge in [0.2, 0.25) is 5.88 Å². The van der Waals surface area contributed by atoms with Crippen molar-refractivity contribution in [3.05, 3.63) is 65.7 Å². The van der Waals surface area contributed by atoms with E-state index in [4.69, 9.17) is 4.74 Å². The number of pyridine rings is 2. The van der Waals surface area contributed by atoms with Gasteiger partial charge < -0.3 is 10.1 Å². The molecule has 0 aromatic carbocycles. The fourth-order valence-electron chi connectivity index (χ4n) is 2.68. The molecule has 1 amide bonds. The highest BCUT2D eigenvalue weighted by atomic mass is 16.5. The topological polar surface area (TPSA) is 81.9 Å². The van der Waals surface area contributed by atoms with E-state index in [9.17, 15) is 4.79 Å². The minimum absolute atomic E-state index is 0.185. The summed E-state index contributed by atoms with van der Waals surface area (Å²) in [5, 5.41) is 7.26. The number of hydrogen-bond acceptors (Lipinski definition) is 5. The summed E-state index contributed by atoms with van der Waals surface area (Å²) in [5.74, 6) is 1.04. The number of nitrogens with zero attached hydrogens (tertiary/aromatic N) is 4. The molecule has 0 aliphatic heterocycles. The molecule has 134 valence electrons. The number of rotatable bonds is 7. The first-order chi connectivity index (χ1) is 12.7. The van der Waals surface area contributed by atoms with Crippen molar-refractivity contribution >= 4 is 5.91 Å². The van der Waals surface area contributed by atoms with Crippen LogP contribution in [-0.2, 0) is 13.0 Å². The molecule has 7 nitrogen and oxygen atoms in total. The first-order valence-electron chi connectivity index (χ1n) is 8.57. The predicted octanol–water partition coefficient (Wildman–Crippen LogP) is 2.55. The van der Waals surface area contributed by atoms with Crippen LogP contribution in [0.2, 0.25) is 0 Å². The van der Waals surface area contributed by atoms with Crippen LogP contribution in [0.3, 0.4) is 0 Å². The van der Waals surface area contributed by atoms with E-state index < -0.39 is 0 Å². The van der Waals surface area contributed by atoms with E-state index in [-0.39, 0.29) is 5.91 Å². The van der Waals surface area contributed by atoms with Gasteiger partial charge in [-0.25, -0.2) is 14.6 Å². The maximum atomic E-state index is 12.7. The molecule has 0 saturated carbocycles. The van der Waals surface area contributed by atoms with Gasteiger partial charge in [0.25, 0.3) is 5.91 Å². The summed E-state index contributed by atoms with van der Waals surface area (Å²) < 4.78 is 7.19. The minimum atomic E-state index is -0.185. The Labute approximate surface area is 152 Å². The fourth-order valence-corrected chi connectivity index (χ4v) is 2.68. The number of ether oxygens (including phenoxy) is 1. The van der Waals surface area contributed by atoms with E-state index in [1.54, 1.807) is 23.3 Å². The number of carbonyl (C=O) groups is 1. The molecule has 3 rings (SSSR count). The zero-order chi connectivity index (χ0) is 18.4. The third-order valence-corrected chi connectivity index (χ3v) is 3.89. The lowest BCUT2D eigenvalue weighted by Crippen LogP contribution is -2.24. The summed E-state index contributed by atoms with van der Waals surface area (Å²) >= 11 is 0. The molecule has 3 aromatic rings. The molecule has 0 aliphatic carbocycles. The minimum Gasteiger partial charge on any atom is -0.478 e. The van der Waals surface area contributed by atoms with E-state index in [0.717, 1.165) is 11.3 Å². The fraction of sp³-hybridized carbons (Fsp3) is 0.263. The average Bonchev–Trinajstić information content (AvgIpc) is 3.12. The molecule has 0 radical (unpaired) electrons. The van der Waals surface area contributed by atoms with Crippen LogP contribution in [-0.4, -0.2) is 32.3 Å². The van der Waals surface area contributed by atoms with E-state index >= 15 is 0 Å². The Balaban J connectivity index is 1.78. The van der Waals surface area contributed by atoms with Gasteiger partial charge in [0.15, 0.2) is 5.82 Å². The van der Waals surface area contributed by atoms with Gasteiger partial charge >= 0.3 is 0 Å². The Morgan fingerprint density at radius 1 is 1.15 bits per heavy atom. The third-order valence-electron chi connectivity index (χ3n) is 3.89. The van der Waals surface area contributed by atoms with Crippen molar-refractivity contribution < 1.29 is 9.53 Å². The Morgan fingerprint density at radius 3 is 2.73 bits per heavy atom. The average molecular weight is 351 g/mol. The number of aromatic nitrogens is 4. The SMILES string of the molecule is CCOc1ncccc1CNC(=O)c1cnn(-c2ccccn2)c1CC. The quantitative estimate of drug-likeness (QED) is 0.707. The lowest BCUT2D eigenvalue weighted by molar-refractivity contribution is 0.0949.